The number of rotatable bonds is 3. The summed E-state index contributed by atoms with van der Waals surface area (Å²) in [5.41, 5.74) is 4.27. The summed E-state index contributed by atoms with van der Waals surface area (Å²) in [5, 5.41) is 17.1. The summed E-state index contributed by atoms with van der Waals surface area (Å²) in [5.74, 6) is 0.343. The summed E-state index contributed by atoms with van der Waals surface area (Å²) in [7, 11) is 0. The first kappa shape index (κ1) is 14.1. The van der Waals surface area contributed by atoms with Crippen LogP contribution in [0.5, 0.6) is 0 Å². The lowest BCUT2D eigenvalue weighted by Gasteiger charge is -2.21. The van der Waals surface area contributed by atoms with Gasteiger partial charge in [-0.25, -0.2) is 0 Å². The molecule has 0 unspecified atom stereocenters. The third-order valence-corrected chi connectivity index (χ3v) is 4.69. The number of benzene rings is 1. The van der Waals surface area contributed by atoms with Gasteiger partial charge in [-0.05, 0) is 25.0 Å². The van der Waals surface area contributed by atoms with Gasteiger partial charge in [0.05, 0.1) is 23.1 Å². The van der Waals surface area contributed by atoms with E-state index >= 15 is 0 Å². The van der Waals surface area contributed by atoms with E-state index in [1.54, 1.807) is 18.6 Å². The number of hydrogen-bond donors (Lipinski definition) is 2. The Morgan fingerprint density at radius 1 is 1.13 bits per heavy atom. The predicted octanol–water partition coefficient (Wildman–Crippen LogP) is 3.97. The molecule has 3 aromatic rings. The van der Waals surface area contributed by atoms with E-state index in [4.69, 9.17) is 5.41 Å². The van der Waals surface area contributed by atoms with Crippen molar-refractivity contribution in [2.45, 2.75) is 32.1 Å². The van der Waals surface area contributed by atoms with Crippen LogP contribution in [-0.2, 0) is 0 Å². The maximum Gasteiger partial charge on any atom is 0.114 e. The van der Waals surface area contributed by atoms with Crippen molar-refractivity contribution in [3.05, 3.63) is 42.5 Å². The fraction of sp³-hybridized carbons (Fsp3) is 0.333. The molecule has 2 N–H and O–H groups in total. The molecule has 2 heterocycles. The van der Waals surface area contributed by atoms with Crippen molar-refractivity contribution in [2.24, 2.45) is 5.92 Å². The molecule has 5 nitrogen and oxygen atoms in total. The van der Waals surface area contributed by atoms with Gasteiger partial charge in [-0.1, -0.05) is 25.3 Å². The molecular formula is C18H19N5. The third kappa shape index (κ3) is 2.63. The van der Waals surface area contributed by atoms with Crippen LogP contribution >= 0.6 is 0 Å². The van der Waals surface area contributed by atoms with Gasteiger partial charge >= 0.3 is 0 Å². The second-order valence-electron chi connectivity index (χ2n) is 6.17. The Hall–Kier alpha value is -2.56. The first-order chi connectivity index (χ1) is 11.3. The number of aromatic nitrogens is 4. The van der Waals surface area contributed by atoms with E-state index in [1.165, 1.54) is 19.3 Å². The Morgan fingerprint density at radius 2 is 2.00 bits per heavy atom. The molecule has 1 fully saturated rings. The fourth-order valence-electron chi connectivity index (χ4n) is 3.41. The molecule has 0 bridgehead atoms. The van der Waals surface area contributed by atoms with Crippen LogP contribution in [0.15, 0.2) is 36.8 Å². The minimum absolute atomic E-state index is 0.343. The van der Waals surface area contributed by atoms with Gasteiger partial charge in [0.2, 0.25) is 0 Å². The highest BCUT2D eigenvalue weighted by Crippen LogP contribution is 2.30. The molecule has 0 spiro atoms. The van der Waals surface area contributed by atoms with Gasteiger partial charge in [0, 0.05) is 29.3 Å². The zero-order chi connectivity index (χ0) is 15.6. The minimum Gasteiger partial charge on any atom is -0.303 e. The number of nitrogens with zero attached hydrogens (tertiary/aromatic N) is 3. The molecule has 4 rings (SSSR count). The summed E-state index contributed by atoms with van der Waals surface area (Å²) in [4.78, 5) is 8.49. The zero-order valence-corrected chi connectivity index (χ0v) is 12.9. The first-order valence-corrected chi connectivity index (χ1v) is 8.16. The summed E-state index contributed by atoms with van der Waals surface area (Å²) in [6.07, 6.45) is 11.1. The molecular weight excluding hydrogens is 286 g/mol. The molecule has 1 saturated carbocycles. The smallest absolute Gasteiger partial charge is 0.114 e. The quantitative estimate of drug-likeness (QED) is 0.719. The zero-order valence-electron chi connectivity index (χ0n) is 12.9. The summed E-state index contributed by atoms with van der Waals surface area (Å²) in [6, 6.07) is 6.08. The molecule has 1 aliphatic carbocycles. The van der Waals surface area contributed by atoms with Gasteiger partial charge in [0.15, 0.2) is 0 Å². The Bertz CT molecular complexity index is 831. The van der Waals surface area contributed by atoms with Gasteiger partial charge in [-0.15, -0.1) is 0 Å². The summed E-state index contributed by atoms with van der Waals surface area (Å²) in [6.45, 7) is 0. The van der Waals surface area contributed by atoms with E-state index in [2.05, 4.69) is 26.2 Å². The molecule has 23 heavy (non-hydrogen) atoms. The van der Waals surface area contributed by atoms with Crippen LogP contribution in [0, 0.1) is 11.3 Å². The summed E-state index contributed by atoms with van der Waals surface area (Å²) >= 11 is 0. The number of fused-ring (bicyclic) bond motifs is 1. The van der Waals surface area contributed by atoms with E-state index in [9.17, 15) is 0 Å². The van der Waals surface area contributed by atoms with Gasteiger partial charge in [-0.2, -0.15) is 5.10 Å². The monoisotopic (exact) mass is 305 g/mol. The maximum absolute atomic E-state index is 8.59. The van der Waals surface area contributed by atoms with Crippen molar-refractivity contribution < 1.29 is 0 Å². The normalized spacial score (nSPS) is 15.8. The lowest BCUT2D eigenvalue weighted by Crippen LogP contribution is -2.18. The average Bonchev–Trinajstić information content (AvgIpc) is 3.05. The average molecular weight is 305 g/mol. The lowest BCUT2D eigenvalue weighted by atomic mass is 9.84. The first-order valence-electron chi connectivity index (χ1n) is 8.16. The number of nitrogens with one attached hydrogen (secondary N) is 2. The molecule has 1 aliphatic rings. The van der Waals surface area contributed by atoms with E-state index in [0.717, 1.165) is 40.7 Å². The van der Waals surface area contributed by atoms with Crippen molar-refractivity contribution in [3.63, 3.8) is 0 Å². The number of hydrogen-bond acceptors (Lipinski definition) is 4. The Kier molecular flexibility index (Phi) is 3.61. The molecule has 0 atom stereocenters. The van der Waals surface area contributed by atoms with Crippen LogP contribution in [0.3, 0.4) is 0 Å². The van der Waals surface area contributed by atoms with Crippen LogP contribution in [0.4, 0.5) is 0 Å². The van der Waals surface area contributed by atoms with Crippen molar-refractivity contribution in [1.29, 1.82) is 5.41 Å². The molecule has 116 valence electrons. The topological polar surface area (TPSA) is 78.3 Å². The molecule has 5 heteroatoms. The van der Waals surface area contributed by atoms with E-state index < -0.39 is 0 Å². The van der Waals surface area contributed by atoms with Crippen LogP contribution in [0.1, 0.15) is 37.8 Å². The number of H-pyrrole nitrogens is 1. The number of aromatic amines is 1. The van der Waals surface area contributed by atoms with E-state index in [-0.39, 0.29) is 0 Å². The summed E-state index contributed by atoms with van der Waals surface area (Å²) < 4.78 is 0. The highest BCUT2D eigenvalue weighted by atomic mass is 15.1. The van der Waals surface area contributed by atoms with Gasteiger partial charge in [0.25, 0.3) is 0 Å². The highest BCUT2D eigenvalue weighted by molar-refractivity contribution is 6.09. The molecule has 0 aliphatic heterocycles. The Balaban J connectivity index is 1.74. The second-order valence-corrected chi connectivity index (χ2v) is 6.17. The van der Waals surface area contributed by atoms with Crippen molar-refractivity contribution in [1.82, 2.24) is 20.2 Å². The lowest BCUT2D eigenvalue weighted by molar-refractivity contribution is 0.438. The molecule has 2 aromatic heterocycles. The fourth-order valence-corrected chi connectivity index (χ4v) is 3.41. The Morgan fingerprint density at radius 3 is 2.78 bits per heavy atom. The predicted molar refractivity (Wildman–Crippen MR) is 90.5 cm³/mol. The van der Waals surface area contributed by atoms with Crippen molar-refractivity contribution >= 4 is 16.6 Å². The highest BCUT2D eigenvalue weighted by Gasteiger charge is 2.22. The van der Waals surface area contributed by atoms with Crippen LogP contribution in [0.2, 0.25) is 0 Å². The van der Waals surface area contributed by atoms with E-state index in [0.29, 0.717) is 11.6 Å². The molecule has 0 saturated heterocycles. The van der Waals surface area contributed by atoms with Gasteiger partial charge in [0.1, 0.15) is 5.69 Å². The van der Waals surface area contributed by atoms with E-state index in [1.807, 2.05) is 12.1 Å². The van der Waals surface area contributed by atoms with Gasteiger partial charge < -0.3 is 5.41 Å². The van der Waals surface area contributed by atoms with Crippen LogP contribution in [-0.4, -0.2) is 25.9 Å². The third-order valence-electron chi connectivity index (χ3n) is 4.69. The standard InChI is InChI=1S/C18H19N5/c19-17(12-4-2-1-3-5-12)18-14-10-13(6-7-15(14)22-23-18)16-11-20-8-9-21-16/h6-12,19H,1-5H2,(H,22,23). The Labute approximate surface area is 134 Å². The maximum atomic E-state index is 8.59. The van der Waals surface area contributed by atoms with Crippen LogP contribution in [0.25, 0.3) is 22.2 Å². The molecule has 0 radical (unpaired) electrons. The van der Waals surface area contributed by atoms with Gasteiger partial charge in [-0.3, -0.25) is 15.1 Å². The SMILES string of the molecule is N=C(c1n[nH]c2ccc(-c3cnccn3)cc12)C1CCCCC1. The second kappa shape index (κ2) is 5.91. The molecule has 0 amide bonds. The van der Waals surface area contributed by atoms with Crippen molar-refractivity contribution in [2.75, 3.05) is 0 Å². The largest absolute Gasteiger partial charge is 0.303 e. The van der Waals surface area contributed by atoms with Crippen molar-refractivity contribution in [3.8, 4) is 11.3 Å². The minimum atomic E-state index is 0.343. The molecule has 1 aromatic carbocycles. The van der Waals surface area contributed by atoms with Crippen LogP contribution < -0.4 is 0 Å².